The van der Waals surface area contributed by atoms with Crippen molar-refractivity contribution < 1.29 is 4.79 Å². The molecule has 1 aromatic heterocycles. The third kappa shape index (κ3) is 4.37. The summed E-state index contributed by atoms with van der Waals surface area (Å²) in [5, 5.41) is 7.44. The summed E-state index contributed by atoms with van der Waals surface area (Å²) in [7, 11) is 0. The Kier molecular flexibility index (Phi) is 5.00. The first-order chi connectivity index (χ1) is 11.2. The first-order valence-corrected chi connectivity index (χ1v) is 8.20. The van der Waals surface area contributed by atoms with E-state index in [1.807, 2.05) is 54.6 Å². The summed E-state index contributed by atoms with van der Waals surface area (Å²) in [4.78, 5) is 14.3. The minimum absolute atomic E-state index is 0.122. The molecule has 3 aromatic rings. The minimum atomic E-state index is -0.147. The van der Waals surface area contributed by atoms with Crippen molar-refractivity contribution in [2.45, 2.75) is 16.3 Å². The van der Waals surface area contributed by atoms with Gasteiger partial charge in [-0.25, -0.2) is 0 Å². The van der Waals surface area contributed by atoms with Gasteiger partial charge in [0.2, 0.25) is 5.91 Å². The predicted molar refractivity (Wildman–Crippen MR) is 92.9 cm³/mol. The van der Waals surface area contributed by atoms with Crippen molar-refractivity contribution in [1.82, 2.24) is 9.78 Å². The fourth-order valence-corrected chi connectivity index (χ4v) is 3.12. The van der Waals surface area contributed by atoms with Crippen LogP contribution < -0.4 is 5.32 Å². The zero-order valence-corrected chi connectivity index (χ0v) is 13.7. The molecule has 1 heterocycles. The molecular formula is C17H14ClN3OS. The molecule has 0 radical (unpaired) electrons. The third-order valence-corrected chi connectivity index (χ3v) is 4.32. The van der Waals surface area contributed by atoms with Gasteiger partial charge in [0.05, 0.1) is 16.9 Å². The van der Waals surface area contributed by atoms with Crippen molar-refractivity contribution in [2.24, 2.45) is 0 Å². The number of nitrogens with one attached hydrogen (secondary N) is 1. The Morgan fingerprint density at radius 1 is 1.13 bits per heavy atom. The van der Waals surface area contributed by atoms with E-state index >= 15 is 0 Å². The SMILES string of the molecule is O=C(Cn1cc(Cl)cn1)Nc1ccccc1Sc1ccccc1. The van der Waals surface area contributed by atoms with Crippen LogP contribution in [0.4, 0.5) is 5.69 Å². The van der Waals surface area contributed by atoms with Gasteiger partial charge >= 0.3 is 0 Å². The Bertz CT molecular complexity index is 804. The first kappa shape index (κ1) is 15.6. The number of para-hydroxylation sites is 1. The van der Waals surface area contributed by atoms with Crippen molar-refractivity contribution in [3.63, 3.8) is 0 Å². The van der Waals surface area contributed by atoms with Crippen LogP contribution in [0, 0.1) is 0 Å². The normalized spacial score (nSPS) is 10.5. The zero-order valence-electron chi connectivity index (χ0n) is 12.1. The summed E-state index contributed by atoms with van der Waals surface area (Å²) in [6.45, 7) is 0.122. The predicted octanol–water partition coefficient (Wildman–Crippen LogP) is 4.33. The molecule has 1 N–H and O–H groups in total. The minimum Gasteiger partial charge on any atom is -0.323 e. The monoisotopic (exact) mass is 343 g/mol. The van der Waals surface area contributed by atoms with Gasteiger partial charge in [0, 0.05) is 16.0 Å². The molecule has 1 amide bonds. The lowest BCUT2D eigenvalue weighted by molar-refractivity contribution is -0.116. The Hall–Kier alpha value is -2.24. The van der Waals surface area contributed by atoms with Gasteiger partial charge in [-0.1, -0.05) is 53.7 Å². The van der Waals surface area contributed by atoms with E-state index in [2.05, 4.69) is 10.4 Å². The van der Waals surface area contributed by atoms with Crippen molar-refractivity contribution >= 4 is 35.0 Å². The van der Waals surface area contributed by atoms with Gasteiger partial charge in [0.1, 0.15) is 6.54 Å². The van der Waals surface area contributed by atoms with E-state index in [1.165, 1.54) is 10.9 Å². The number of aromatic nitrogens is 2. The Balaban J connectivity index is 1.71. The molecule has 0 aliphatic heterocycles. The molecule has 116 valence electrons. The van der Waals surface area contributed by atoms with Crippen molar-refractivity contribution in [3.8, 4) is 0 Å². The molecule has 0 atom stereocenters. The average Bonchev–Trinajstić information content (AvgIpc) is 2.95. The molecule has 4 nitrogen and oxygen atoms in total. The Morgan fingerprint density at radius 2 is 1.87 bits per heavy atom. The van der Waals surface area contributed by atoms with E-state index < -0.39 is 0 Å². The van der Waals surface area contributed by atoms with E-state index in [-0.39, 0.29) is 12.5 Å². The maximum atomic E-state index is 12.2. The average molecular weight is 344 g/mol. The van der Waals surface area contributed by atoms with Crippen LogP contribution in [0.5, 0.6) is 0 Å². The van der Waals surface area contributed by atoms with Gasteiger partial charge in [-0.2, -0.15) is 5.10 Å². The fraction of sp³-hybridized carbons (Fsp3) is 0.0588. The lowest BCUT2D eigenvalue weighted by Gasteiger charge is -2.10. The molecule has 0 fully saturated rings. The van der Waals surface area contributed by atoms with Crippen LogP contribution in [-0.4, -0.2) is 15.7 Å². The van der Waals surface area contributed by atoms with E-state index in [9.17, 15) is 4.79 Å². The fourth-order valence-electron chi connectivity index (χ4n) is 2.04. The largest absolute Gasteiger partial charge is 0.323 e. The van der Waals surface area contributed by atoms with Gasteiger partial charge in [-0.05, 0) is 24.3 Å². The summed E-state index contributed by atoms with van der Waals surface area (Å²) >= 11 is 7.41. The molecule has 0 aliphatic rings. The number of nitrogens with zero attached hydrogens (tertiary/aromatic N) is 2. The molecule has 0 saturated carbocycles. The quantitative estimate of drug-likeness (QED) is 0.750. The van der Waals surface area contributed by atoms with Crippen molar-refractivity contribution in [3.05, 3.63) is 72.0 Å². The smallest absolute Gasteiger partial charge is 0.246 e. The number of halogens is 1. The summed E-state index contributed by atoms with van der Waals surface area (Å²) in [6, 6.07) is 17.8. The third-order valence-electron chi connectivity index (χ3n) is 3.04. The van der Waals surface area contributed by atoms with Crippen LogP contribution in [0.1, 0.15) is 0 Å². The molecule has 23 heavy (non-hydrogen) atoms. The summed E-state index contributed by atoms with van der Waals surface area (Å²) < 4.78 is 1.50. The second kappa shape index (κ2) is 7.35. The molecule has 0 aliphatic carbocycles. The lowest BCUT2D eigenvalue weighted by atomic mass is 10.3. The zero-order chi connectivity index (χ0) is 16.1. The number of hydrogen-bond donors (Lipinski definition) is 1. The van der Waals surface area contributed by atoms with E-state index in [0.717, 1.165) is 15.5 Å². The van der Waals surface area contributed by atoms with Gasteiger partial charge in [-0.15, -0.1) is 0 Å². The number of carbonyl (C=O) groups excluding carboxylic acids is 1. The summed E-state index contributed by atoms with van der Waals surface area (Å²) in [5.74, 6) is -0.147. The van der Waals surface area contributed by atoms with Crippen LogP contribution in [-0.2, 0) is 11.3 Å². The first-order valence-electron chi connectivity index (χ1n) is 7.00. The molecule has 0 saturated heterocycles. The van der Waals surface area contributed by atoms with E-state index in [4.69, 9.17) is 11.6 Å². The molecular weight excluding hydrogens is 330 g/mol. The highest BCUT2D eigenvalue weighted by atomic mass is 35.5. The number of hydrogen-bond acceptors (Lipinski definition) is 3. The Morgan fingerprint density at radius 3 is 2.61 bits per heavy atom. The van der Waals surface area contributed by atoms with Gasteiger partial charge in [0.15, 0.2) is 0 Å². The number of anilines is 1. The highest BCUT2D eigenvalue weighted by molar-refractivity contribution is 7.99. The molecule has 0 spiro atoms. The van der Waals surface area contributed by atoms with Crippen LogP contribution in [0.3, 0.4) is 0 Å². The number of rotatable bonds is 5. The lowest BCUT2D eigenvalue weighted by Crippen LogP contribution is -2.19. The maximum Gasteiger partial charge on any atom is 0.246 e. The topological polar surface area (TPSA) is 46.9 Å². The van der Waals surface area contributed by atoms with E-state index in [1.54, 1.807) is 18.0 Å². The maximum absolute atomic E-state index is 12.2. The van der Waals surface area contributed by atoms with Gasteiger partial charge in [0.25, 0.3) is 0 Å². The number of amides is 1. The van der Waals surface area contributed by atoms with Gasteiger partial charge in [-0.3, -0.25) is 9.48 Å². The van der Waals surface area contributed by atoms with Crippen LogP contribution in [0.25, 0.3) is 0 Å². The standard InChI is InChI=1S/C17H14ClN3OS/c18-13-10-19-21(11-13)12-17(22)20-15-8-4-5-9-16(15)23-14-6-2-1-3-7-14/h1-11H,12H2,(H,20,22). The molecule has 3 rings (SSSR count). The van der Waals surface area contributed by atoms with E-state index in [0.29, 0.717) is 5.02 Å². The molecule has 0 unspecified atom stereocenters. The van der Waals surface area contributed by atoms with Gasteiger partial charge < -0.3 is 5.32 Å². The number of carbonyl (C=O) groups is 1. The highest BCUT2D eigenvalue weighted by Crippen LogP contribution is 2.33. The molecule has 6 heteroatoms. The molecule has 0 bridgehead atoms. The second-order valence-electron chi connectivity index (χ2n) is 4.82. The van der Waals surface area contributed by atoms with Crippen molar-refractivity contribution in [2.75, 3.05) is 5.32 Å². The Labute approximate surface area is 143 Å². The number of benzene rings is 2. The highest BCUT2D eigenvalue weighted by Gasteiger charge is 2.09. The van der Waals surface area contributed by atoms with Crippen LogP contribution in [0.2, 0.25) is 5.02 Å². The van der Waals surface area contributed by atoms with Crippen LogP contribution >= 0.6 is 23.4 Å². The molecule has 2 aromatic carbocycles. The van der Waals surface area contributed by atoms with Crippen molar-refractivity contribution in [1.29, 1.82) is 0 Å². The second-order valence-corrected chi connectivity index (χ2v) is 6.37. The summed E-state index contributed by atoms with van der Waals surface area (Å²) in [6.07, 6.45) is 3.12. The van der Waals surface area contributed by atoms with Crippen LogP contribution in [0.15, 0.2) is 76.8 Å². The summed E-state index contributed by atoms with van der Waals surface area (Å²) in [5.41, 5.74) is 0.782.